The number of dihydropyridines is 1. The lowest BCUT2D eigenvalue weighted by Gasteiger charge is -2.34. The van der Waals surface area contributed by atoms with Gasteiger partial charge in [-0.15, -0.1) is 0 Å². The number of rotatable bonds is 5. The van der Waals surface area contributed by atoms with Gasteiger partial charge in [-0.1, -0.05) is 12.1 Å². The molecule has 2 atom stereocenters. The zero-order chi connectivity index (χ0) is 22.1. The Morgan fingerprint density at radius 3 is 2.81 bits per heavy atom. The molecular weight excluding hydrogens is 472 g/mol. The first-order valence-corrected chi connectivity index (χ1v) is 12.0. The molecule has 32 heavy (non-hydrogen) atoms. The molecule has 0 radical (unpaired) electrons. The maximum absolute atomic E-state index is 12.6. The molecule has 1 amide bonds. The molecule has 0 aliphatic carbocycles. The van der Waals surface area contributed by atoms with Crippen LogP contribution in [0.5, 0.6) is 5.75 Å². The van der Waals surface area contributed by atoms with E-state index in [0.29, 0.717) is 18.1 Å². The van der Waals surface area contributed by atoms with Crippen LogP contribution in [0.1, 0.15) is 31.2 Å². The number of allylic oxidation sites excluding steroid dienone is 2. The molecule has 7 nitrogen and oxygen atoms in total. The van der Waals surface area contributed by atoms with Crippen LogP contribution < -0.4 is 5.32 Å². The molecule has 0 aromatic heterocycles. The normalized spacial score (nSPS) is 25.6. The fraction of sp³-hybridized carbons (Fsp3) is 0.458. The Bertz CT molecular complexity index is 1020. The van der Waals surface area contributed by atoms with Crippen molar-refractivity contribution in [2.75, 3.05) is 26.2 Å². The second-order valence-electron chi connectivity index (χ2n) is 8.68. The first kappa shape index (κ1) is 21.4. The minimum Gasteiger partial charge on any atom is -0.507 e. The quantitative estimate of drug-likeness (QED) is 0.652. The standard InChI is InChI=1S/C24H27BrN4O3/c25-17-14-27-23-19(12-18(28-22(17)23)16-4-1-2-5-20(16)30)26-13-15-7-9-29(10-8-15)24(31)21-6-3-11-32-21/h1-2,4-5,12,14-15,21,23,26,30H,3,6-11,13H2. The van der Waals surface area contributed by atoms with Crippen molar-refractivity contribution in [1.82, 2.24) is 10.2 Å². The number of nitrogens with one attached hydrogen (secondary N) is 1. The van der Waals surface area contributed by atoms with Crippen LogP contribution in [0.2, 0.25) is 0 Å². The number of likely N-dealkylation sites (tertiary alicyclic amines) is 1. The lowest BCUT2D eigenvalue weighted by molar-refractivity contribution is -0.142. The first-order chi connectivity index (χ1) is 15.6. The Labute approximate surface area is 196 Å². The van der Waals surface area contributed by atoms with E-state index in [4.69, 9.17) is 9.73 Å². The molecule has 2 N–H and O–H groups in total. The molecular formula is C24H27BrN4O3. The van der Waals surface area contributed by atoms with E-state index in [1.165, 1.54) is 0 Å². The van der Waals surface area contributed by atoms with Crippen molar-refractivity contribution in [3.63, 3.8) is 0 Å². The zero-order valence-corrected chi connectivity index (χ0v) is 19.4. The number of hydrogen-bond donors (Lipinski definition) is 2. The highest BCUT2D eigenvalue weighted by Crippen LogP contribution is 2.33. The molecule has 168 valence electrons. The van der Waals surface area contributed by atoms with Gasteiger partial charge in [0, 0.05) is 43.7 Å². The maximum Gasteiger partial charge on any atom is 0.251 e. The van der Waals surface area contributed by atoms with Crippen LogP contribution in [-0.2, 0) is 9.53 Å². The number of nitrogens with zero attached hydrogens (tertiary/aromatic N) is 3. The van der Waals surface area contributed by atoms with E-state index in [0.717, 1.165) is 66.9 Å². The van der Waals surface area contributed by atoms with Crippen molar-refractivity contribution in [3.05, 3.63) is 51.8 Å². The van der Waals surface area contributed by atoms with Crippen LogP contribution in [-0.4, -0.2) is 66.2 Å². The number of carbonyl (C=O) groups is 1. The average Bonchev–Trinajstić information content (AvgIpc) is 3.48. The van der Waals surface area contributed by atoms with Gasteiger partial charge < -0.3 is 20.1 Å². The number of ether oxygens (including phenoxy) is 1. The van der Waals surface area contributed by atoms with Gasteiger partial charge >= 0.3 is 0 Å². The molecule has 4 aliphatic rings. The topological polar surface area (TPSA) is 86.5 Å². The molecule has 2 unspecified atom stereocenters. The lowest BCUT2D eigenvalue weighted by atomic mass is 9.95. The second-order valence-corrected chi connectivity index (χ2v) is 9.53. The summed E-state index contributed by atoms with van der Waals surface area (Å²) in [6.07, 6.45) is 7.33. The van der Waals surface area contributed by atoms with Gasteiger partial charge in [0.1, 0.15) is 17.9 Å². The summed E-state index contributed by atoms with van der Waals surface area (Å²) >= 11 is 3.56. The molecule has 2 saturated heterocycles. The number of phenolic OH excluding ortho intramolecular Hbond substituents is 1. The highest BCUT2D eigenvalue weighted by atomic mass is 79.9. The van der Waals surface area contributed by atoms with E-state index in [1.807, 2.05) is 23.1 Å². The molecule has 4 aliphatic heterocycles. The summed E-state index contributed by atoms with van der Waals surface area (Å²) in [7, 11) is 0. The van der Waals surface area contributed by atoms with Gasteiger partial charge in [0.05, 0.1) is 15.9 Å². The molecule has 1 aromatic rings. The van der Waals surface area contributed by atoms with Crippen LogP contribution in [0, 0.1) is 5.92 Å². The van der Waals surface area contributed by atoms with E-state index >= 15 is 0 Å². The van der Waals surface area contributed by atoms with Gasteiger partial charge in [-0.2, -0.15) is 0 Å². The number of aliphatic imine (C=N–C) groups is 2. The monoisotopic (exact) mass is 498 g/mol. The van der Waals surface area contributed by atoms with Crippen molar-refractivity contribution in [1.29, 1.82) is 0 Å². The molecule has 8 heteroatoms. The third kappa shape index (κ3) is 4.26. The minimum absolute atomic E-state index is 0.153. The first-order valence-electron chi connectivity index (χ1n) is 11.3. The van der Waals surface area contributed by atoms with Crippen molar-refractivity contribution in [2.24, 2.45) is 15.9 Å². The number of piperidine rings is 1. The van der Waals surface area contributed by atoms with E-state index in [9.17, 15) is 9.90 Å². The number of carbonyl (C=O) groups excluding carboxylic acids is 1. The Hall–Kier alpha value is -2.45. The fourth-order valence-corrected chi connectivity index (χ4v) is 5.13. The molecule has 1 aromatic carbocycles. The molecule has 5 rings (SSSR count). The molecule has 0 spiro atoms. The smallest absolute Gasteiger partial charge is 0.251 e. The number of benzene rings is 1. The Morgan fingerprint density at radius 1 is 1.25 bits per heavy atom. The fourth-order valence-electron chi connectivity index (χ4n) is 4.71. The highest BCUT2D eigenvalue weighted by molar-refractivity contribution is 9.12. The average molecular weight is 499 g/mol. The van der Waals surface area contributed by atoms with Crippen molar-refractivity contribution in [3.8, 4) is 5.75 Å². The van der Waals surface area contributed by atoms with Crippen LogP contribution in [0.25, 0.3) is 0 Å². The summed E-state index contributed by atoms with van der Waals surface area (Å²) in [5, 5.41) is 13.9. The summed E-state index contributed by atoms with van der Waals surface area (Å²) in [6, 6.07) is 7.08. The molecule has 0 saturated carbocycles. The van der Waals surface area contributed by atoms with Gasteiger partial charge in [-0.05, 0) is 65.7 Å². The van der Waals surface area contributed by atoms with Crippen molar-refractivity contribution < 1.29 is 14.6 Å². The van der Waals surface area contributed by atoms with Crippen LogP contribution in [0.3, 0.4) is 0 Å². The predicted molar refractivity (Wildman–Crippen MR) is 127 cm³/mol. The Morgan fingerprint density at radius 2 is 2.06 bits per heavy atom. The largest absolute Gasteiger partial charge is 0.507 e. The van der Waals surface area contributed by atoms with Crippen molar-refractivity contribution in [2.45, 2.75) is 37.8 Å². The number of hydrogen-bond acceptors (Lipinski definition) is 6. The third-order valence-corrected chi connectivity index (χ3v) is 7.19. The molecule has 2 fully saturated rings. The van der Waals surface area contributed by atoms with E-state index in [2.05, 4.69) is 26.2 Å². The number of para-hydroxylation sites is 1. The highest BCUT2D eigenvalue weighted by Gasteiger charge is 2.32. The van der Waals surface area contributed by atoms with Crippen LogP contribution in [0.15, 0.2) is 56.2 Å². The number of phenols is 1. The Kier molecular flexibility index (Phi) is 6.15. The van der Waals surface area contributed by atoms with Gasteiger partial charge in [0.15, 0.2) is 0 Å². The summed E-state index contributed by atoms with van der Waals surface area (Å²) in [5.74, 6) is 0.852. The maximum atomic E-state index is 12.6. The summed E-state index contributed by atoms with van der Waals surface area (Å²) in [5.41, 5.74) is 3.25. The lowest BCUT2D eigenvalue weighted by Crippen LogP contribution is -2.45. The molecule has 4 heterocycles. The van der Waals surface area contributed by atoms with E-state index in [-0.39, 0.29) is 23.8 Å². The van der Waals surface area contributed by atoms with Crippen LogP contribution >= 0.6 is 15.9 Å². The summed E-state index contributed by atoms with van der Waals surface area (Å²) in [6.45, 7) is 3.09. The Balaban J connectivity index is 1.24. The number of aromatic hydroxyl groups is 1. The van der Waals surface area contributed by atoms with Crippen LogP contribution in [0.4, 0.5) is 0 Å². The second kappa shape index (κ2) is 9.19. The summed E-state index contributed by atoms with van der Waals surface area (Å²) in [4.78, 5) is 23.9. The zero-order valence-electron chi connectivity index (χ0n) is 17.8. The number of fused-ring (bicyclic) bond motifs is 1. The van der Waals surface area contributed by atoms with E-state index < -0.39 is 0 Å². The number of halogens is 1. The van der Waals surface area contributed by atoms with Gasteiger partial charge in [0.25, 0.3) is 5.91 Å². The third-order valence-electron chi connectivity index (χ3n) is 6.57. The van der Waals surface area contributed by atoms with Gasteiger partial charge in [-0.25, -0.2) is 4.99 Å². The number of amides is 1. The predicted octanol–water partition coefficient (Wildman–Crippen LogP) is 3.15. The molecule has 0 bridgehead atoms. The van der Waals surface area contributed by atoms with Crippen molar-refractivity contribution >= 4 is 33.8 Å². The van der Waals surface area contributed by atoms with Gasteiger partial charge in [-0.3, -0.25) is 9.79 Å². The summed E-state index contributed by atoms with van der Waals surface area (Å²) < 4.78 is 6.43. The van der Waals surface area contributed by atoms with E-state index in [1.54, 1.807) is 18.3 Å². The SMILES string of the molecule is O=C(C1CCCO1)N1CCC(CNC2=CC(c3ccccc3O)=NC3=C(Br)C=NC23)CC1. The minimum atomic E-state index is -0.229. The van der Waals surface area contributed by atoms with Gasteiger partial charge in [0.2, 0.25) is 0 Å².